The first-order chi connectivity index (χ1) is 13.7. The minimum absolute atomic E-state index is 0.191. The van der Waals surface area contributed by atoms with Crippen LogP contribution in [0.3, 0.4) is 0 Å². The fourth-order valence-corrected chi connectivity index (χ4v) is 4.76. The first kappa shape index (κ1) is 19.4. The molecule has 2 amide bonds. The normalized spacial score (nSPS) is 21.4. The molecule has 1 N–H and O–H groups in total. The van der Waals surface area contributed by atoms with E-state index in [0.29, 0.717) is 12.1 Å². The number of piperidine rings is 1. The molecule has 0 unspecified atom stereocenters. The fraction of sp³-hybridized carbons (Fsp3) is 0.696. The van der Waals surface area contributed by atoms with E-state index in [1.807, 2.05) is 12.1 Å². The third-order valence-electron chi connectivity index (χ3n) is 6.69. The summed E-state index contributed by atoms with van der Waals surface area (Å²) >= 11 is 0. The number of hydrogen-bond donors (Lipinski definition) is 1. The van der Waals surface area contributed by atoms with Gasteiger partial charge in [0.1, 0.15) is 5.75 Å². The molecule has 3 aliphatic rings. The summed E-state index contributed by atoms with van der Waals surface area (Å²) in [7, 11) is 1.70. The summed E-state index contributed by atoms with van der Waals surface area (Å²) in [5.74, 6) is 1.61. The Morgan fingerprint density at radius 3 is 2.32 bits per heavy atom. The molecule has 1 saturated heterocycles. The molecule has 28 heavy (non-hydrogen) atoms. The third kappa shape index (κ3) is 4.92. The maximum absolute atomic E-state index is 13.0. The van der Waals surface area contributed by atoms with Crippen molar-refractivity contribution in [3.63, 3.8) is 0 Å². The van der Waals surface area contributed by atoms with Crippen molar-refractivity contribution in [2.45, 2.75) is 69.9 Å². The molecule has 0 aromatic heterocycles. The van der Waals surface area contributed by atoms with E-state index in [-0.39, 0.29) is 6.03 Å². The zero-order valence-electron chi connectivity index (χ0n) is 17.2. The molecule has 5 nitrogen and oxygen atoms in total. The van der Waals surface area contributed by atoms with Gasteiger partial charge in [0.15, 0.2) is 0 Å². The lowest BCUT2D eigenvalue weighted by Gasteiger charge is -2.36. The van der Waals surface area contributed by atoms with Gasteiger partial charge in [-0.1, -0.05) is 19.3 Å². The molecule has 4 rings (SSSR count). The minimum Gasteiger partial charge on any atom is -0.497 e. The van der Waals surface area contributed by atoms with Gasteiger partial charge < -0.3 is 19.9 Å². The summed E-state index contributed by atoms with van der Waals surface area (Å²) in [5, 5.41) is 3.36. The molecule has 0 atom stereocenters. The number of methoxy groups -OCH3 is 1. The second-order valence-electron chi connectivity index (χ2n) is 8.80. The number of ether oxygens (including phenoxy) is 1. The van der Waals surface area contributed by atoms with Crippen molar-refractivity contribution in [3.05, 3.63) is 24.3 Å². The highest BCUT2D eigenvalue weighted by Crippen LogP contribution is 2.31. The molecule has 1 aromatic carbocycles. The van der Waals surface area contributed by atoms with Gasteiger partial charge in [0, 0.05) is 37.4 Å². The van der Waals surface area contributed by atoms with Gasteiger partial charge >= 0.3 is 6.03 Å². The predicted octanol–water partition coefficient (Wildman–Crippen LogP) is 4.42. The molecule has 2 saturated carbocycles. The minimum atomic E-state index is 0.191. The van der Waals surface area contributed by atoms with Gasteiger partial charge in [0.05, 0.1) is 7.11 Å². The first-order valence-electron chi connectivity index (χ1n) is 11.2. The number of carbonyl (C=O) groups excluding carboxylic acids is 1. The maximum atomic E-state index is 13.0. The van der Waals surface area contributed by atoms with Crippen LogP contribution in [0.25, 0.3) is 0 Å². The lowest BCUT2D eigenvalue weighted by molar-refractivity contribution is 0.169. The molecule has 1 aliphatic heterocycles. The highest BCUT2D eigenvalue weighted by Gasteiger charge is 2.35. The van der Waals surface area contributed by atoms with Gasteiger partial charge in [-0.3, -0.25) is 0 Å². The van der Waals surface area contributed by atoms with Crippen LogP contribution in [0.4, 0.5) is 10.5 Å². The monoisotopic (exact) mass is 385 g/mol. The maximum Gasteiger partial charge on any atom is 0.317 e. The standard InChI is InChI=1S/C23H35N3O2/c1-28-22-11-9-20(10-12-22)25-15-13-19(14-16-25)24-23(27)26(21-7-8-21)17-18-5-3-2-4-6-18/h9-12,18-19,21H,2-8,13-17H2,1H3,(H,24,27). The Morgan fingerprint density at radius 2 is 1.71 bits per heavy atom. The van der Waals surface area contributed by atoms with Crippen molar-refractivity contribution in [3.8, 4) is 5.75 Å². The van der Waals surface area contributed by atoms with Crippen molar-refractivity contribution >= 4 is 11.7 Å². The average Bonchev–Trinajstić information content (AvgIpc) is 3.58. The number of anilines is 1. The van der Waals surface area contributed by atoms with E-state index < -0.39 is 0 Å². The highest BCUT2D eigenvalue weighted by atomic mass is 16.5. The second kappa shape index (κ2) is 9.06. The van der Waals surface area contributed by atoms with E-state index in [2.05, 4.69) is 27.2 Å². The summed E-state index contributed by atoms with van der Waals surface area (Å²) in [6, 6.07) is 9.27. The van der Waals surface area contributed by atoms with Gasteiger partial charge in [-0.05, 0) is 68.7 Å². The molecule has 0 bridgehead atoms. The lowest BCUT2D eigenvalue weighted by atomic mass is 9.89. The largest absolute Gasteiger partial charge is 0.497 e. The Labute approximate surface area is 169 Å². The Morgan fingerprint density at radius 1 is 1.04 bits per heavy atom. The third-order valence-corrected chi connectivity index (χ3v) is 6.69. The molecule has 154 valence electrons. The van der Waals surface area contributed by atoms with Crippen molar-refractivity contribution < 1.29 is 9.53 Å². The Bertz CT molecular complexity index is 630. The van der Waals surface area contributed by atoms with Crippen LogP contribution in [0.2, 0.25) is 0 Å². The average molecular weight is 386 g/mol. The van der Waals surface area contributed by atoms with Gasteiger partial charge in [-0.15, -0.1) is 0 Å². The molecule has 0 radical (unpaired) electrons. The van der Waals surface area contributed by atoms with Crippen LogP contribution in [0.5, 0.6) is 5.75 Å². The topological polar surface area (TPSA) is 44.8 Å². The number of carbonyl (C=O) groups is 1. The summed E-state index contributed by atoms with van der Waals surface area (Å²) in [5.41, 5.74) is 1.24. The number of benzene rings is 1. The Kier molecular flexibility index (Phi) is 6.28. The van der Waals surface area contributed by atoms with Crippen molar-refractivity contribution in [2.75, 3.05) is 31.6 Å². The summed E-state index contributed by atoms with van der Waals surface area (Å²) in [4.78, 5) is 17.6. The van der Waals surface area contributed by atoms with Crippen molar-refractivity contribution in [1.29, 1.82) is 0 Å². The number of nitrogens with zero attached hydrogens (tertiary/aromatic N) is 2. The van der Waals surface area contributed by atoms with Crippen LogP contribution in [0.15, 0.2) is 24.3 Å². The van der Waals surface area contributed by atoms with Crippen LogP contribution in [0.1, 0.15) is 57.8 Å². The molecular weight excluding hydrogens is 350 g/mol. The summed E-state index contributed by atoms with van der Waals surface area (Å²) in [6.07, 6.45) is 11.1. The molecule has 1 aromatic rings. The Balaban J connectivity index is 1.26. The quantitative estimate of drug-likeness (QED) is 0.788. The summed E-state index contributed by atoms with van der Waals surface area (Å²) < 4.78 is 5.25. The molecule has 0 spiro atoms. The number of rotatable bonds is 6. The van der Waals surface area contributed by atoms with E-state index in [0.717, 1.165) is 44.1 Å². The first-order valence-corrected chi connectivity index (χ1v) is 11.2. The molecule has 2 aliphatic carbocycles. The molecule has 3 fully saturated rings. The van der Waals surface area contributed by atoms with E-state index >= 15 is 0 Å². The molecule has 5 heteroatoms. The van der Waals surface area contributed by atoms with Gasteiger partial charge in [-0.25, -0.2) is 4.79 Å². The van der Waals surface area contributed by atoms with Crippen LogP contribution in [0, 0.1) is 5.92 Å². The summed E-state index contributed by atoms with van der Waals surface area (Å²) in [6.45, 7) is 2.95. The van der Waals surface area contributed by atoms with E-state index in [1.165, 1.54) is 50.6 Å². The van der Waals surface area contributed by atoms with E-state index in [9.17, 15) is 4.79 Å². The van der Waals surface area contributed by atoms with Crippen molar-refractivity contribution in [2.24, 2.45) is 5.92 Å². The highest BCUT2D eigenvalue weighted by molar-refractivity contribution is 5.75. The number of nitrogens with one attached hydrogen (secondary N) is 1. The van der Waals surface area contributed by atoms with Gasteiger partial charge in [-0.2, -0.15) is 0 Å². The lowest BCUT2D eigenvalue weighted by Crippen LogP contribution is -2.51. The van der Waals surface area contributed by atoms with Crippen molar-refractivity contribution in [1.82, 2.24) is 10.2 Å². The van der Waals surface area contributed by atoms with Gasteiger partial charge in [0.2, 0.25) is 0 Å². The smallest absolute Gasteiger partial charge is 0.317 e. The van der Waals surface area contributed by atoms with Gasteiger partial charge in [0.25, 0.3) is 0 Å². The SMILES string of the molecule is COc1ccc(N2CCC(NC(=O)N(CC3CCCCC3)C3CC3)CC2)cc1. The zero-order valence-corrected chi connectivity index (χ0v) is 17.2. The molecular formula is C23H35N3O2. The number of urea groups is 1. The van der Waals surface area contributed by atoms with E-state index in [1.54, 1.807) is 7.11 Å². The zero-order chi connectivity index (χ0) is 19.3. The predicted molar refractivity (Wildman–Crippen MR) is 113 cm³/mol. The van der Waals surface area contributed by atoms with Crippen LogP contribution in [-0.4, -0.2) is 49.8 Å². The number of amides is 2. The van der Waals surface area contributed by atoms with Crippen LogP contribution < -0.4 is 15.0 Å². The fourth-order valence-electron chi connectivity index (χ4n) is 4.76. The second-order valence-corrected chi connectivity index (χ2v) is 8.80. The Hall–Kier alpha value is -1.91. The number of hydrogen-bond acceptors (Lipinski definition) is 3. The van der Waals surface area contributed by atoms with E-state index in [4.69, 9.17) is 4.74 Å². The van der Waals surface area contributed by atoms with Crippen LogP contribution in [-0.2, 0) is 0 Å². The molecule has 1 heterocycles. The van der Waals surface area contributed by atoms with Crippen LogP contribution >= 0.6 is 0 Å².